The molecular weight excluding hydrogens is 352 g/mol. The number of aryl methyl sites for hydroxylation is 1. The third kappa shape index (κ3) is 2.97. The van der Waals surface area contributed by atoms with Crippen molar-refractivity contribution in [3.05, 3.63) is 51.5 Å². The van der Waals surface area contributed by atoms with Gasteiger partial charge in [-0.25, -0.2) is 4.98 Å². The molecule has 1 aliphatic rings. The normalized spacial score (nSPS) is 17.8. The van der Waals surface area contributed by atoms with E-state index >= 15 is 0 Å². The molecule has 7 nitrogen and oxygen atoms in total. The average molecular weight is 373 g/mol. The van der Waals surface area contributed by atoms with E-state index in [4.69, 9.17) is 17.3 Å². The largest absolute Gasteiger partial charge is 0.341 e. The van der Waals surface area contributed by atoms with Crippen molar-refractivity contribution in [1.82, 2.24) is 19.1 Å². The van der Waals surface area contributed by atoms with Crippen molar-refractivity contribution in [1.29, 1.82) is 0 Å². The first kappa shape index (κ1) is 17.1. The molecule has 3 aromatic rings. The predicted octanol–water partition coefficient (Wildman–Crippen LogP) is 1.76. The first-order chi connectivity index (χ1) is 12.5. The monoisotopic (exact) mass is 372 g/mol. The molecule has 3 heterocycles. The van der Waals surface area contributed by atoms with Gasteiger partial charge in [0.1, 0.15) is 0 Å². The minimum absolute atomic E-state index is 0.105. The molecule has 26 heavy (non-hydrogen) atoms. The highest BCUT2D eigenvalue weighted by atomic mass is 35.5. The van der Waals surface area contributed by atoms with E-state index in [1.165, 1.54) is 10.9 Å². The third-order valence-electron chi connectivity index (χ3n) is 4.83. The van der Waals surface area contributed by atoms with E-state index in [-0.39, 0.29) is 11.6 Å². The zero-order valence-electron chi connectivity index (χ0n) is 14.6. The van der Waals surface area contributed by atoms with Gasteiger partial charge >= 0.3 is 0 Å². The Labute approximate surface area is 156 Å². The van der Waals surface area contributed by atoms with Gasteiger partial charge in [0.05, 0.1) is 12.9 Å². The zero-order chi connectivity index (χ0) is 18.3. The van der Waals surface area contributed by atoms with Crippen LogP contribution in [0.3, 0.4) is 0 Å². The van der Waals surface area contributed by atoms with Crippen molar-refractivity contribution in [2.24, 2.45) is 12.8 Å². The van der Waals surface area contributed by atoms with Crippen LogP contribution < -0.4 is 16.2 Å². The molecule has 1 fully saturated rings. The lowest BCUT2D eigenvalue weighted by atomic mass is 10.1. The number of rotatable bonds is 3. The summed E-state index contributed by atoms with van der Waals surface area (Å²) in [6.45, 7) is 2.03. The van der Waals surface area contributed by atoms with Crippen LogP contribution in [0.5, 0.6) is 0 Å². The van der Waals surface area contributed by atoms with Gasteiger partial charge in [-0.2, -0.15) is 4.98 Å². The van der Waals surface area contributed by atoms with E-state index in [1.807, 2.05) is 28.8 Å². The first-order valence-electron chi connectivity index (χ1n) is 8.70. The number of hydrogen-bond acceptors (Lipinski definition) is 5. The Morgan fingerprint density at radius 1 is 1.35 bits per heavy atom. The predicted molar refractivity (Wildman–Crippen MR) is 103 cm³/mol. The molecule has 2 N–H and O–H groups in total. The number of nitrogens with zero attached hydrogens (tertiary/aromatic N) is 5. The van der Waals surface area contributed by atoms with Crippen molar-refractivity contribution >= 4 is 28.7 Å². The number of aromatic nitrogens is 4. The molecule has 0 unspecified atom stereocenters. The third-order valence-corrected chi connectivity index (χ3v) is 5.20. The lowest BCUT2D eigenvalue weighted by Crippen LogP contribution is -2.44. The first-order valence-corrected chi connectivity index (χ1v) is 9.08. The smallest absolute Gasteiger partial charge is 0.279 e. The molecule has 0 spiro atoms. The summed E-state index contributed by atoms with van der Waals surface area (Å²) in [7, 11) is 1.69. The Hall–Kier alpha value is -2.38. The number of hydrogen-bond donors (Lipinski definition) is 1. The maximum atomic E-state index is 12.8. The summed E-state index contributed by atoms with van der Waals surface area (Å²) >= 11 is 6.36. The molecule has 0 aliphatic carbocycles. The number of imidazole rings is 1. The SMILES string of the molecule is Cn1cnc2nc(N3CCC[C@@H](N)C3)n(Cc3ccccc3Cl)c2c1=O. The Kier molecular flexibility index (Phi) is 4.42. The van der Waals surface area contributed by atoms with Crippen LogP contribution in [0.15, 0.2) is 35.4 Å². The summed E-state index contributed by atoms with van der Waals surface area (Å²) in [5, 5.41) is 0.663. The van der Waals surface area contributed by atoms with Gasteiger partial charge in [-0.1, -0.05) is 29.8 Å². The summed E-state index contributed by atoms with van der Waals surface area (Å²) in [5.74, 6) is 0.728. The number of anilines is 1. The quantitative estimate of drug-likeness (QED) is 0.757. The van der Waals surface area contributed by atoms with Crippen LogP contribution in [0, 0.1) is 0 Å². The summed E-state index contributed by atoms with van der Waals surface area (Å²) in [6.07, 6.45) is 3.51. The van der Waals surface area contributed by atoms with Crippen LogP contribution in [0.25, 0.3) is 11.2 Å². The highest BCUT2D eigenvalue weighted by Crippen LogP contribution is 2.25. The van der Waals surface area contributed by atoms with Crippen molar-refractivity contribution in [2.45, 2.75) is 25.4 Å². The molecule has 0 saturated carbocycles. The van der Waals surface area contributed by atoms with Gasteiger partial charge in [-0.15, -0.1) is 0 Å². The van der Waals surface area contributed by atoms with E-state index in [1.54, 1.807) is 7.05 Å². The minimum atomic E-state index is -0.123. The van der Waals surface area contributed by atoms with Gasteiger partial charge < -0.3 is 15.2 Å². The summed E-state index contributed by atoms with van der Waals surface area (Å²) in [4.78, 5) is 23.9. The fraction of sp³-hybridized carbons (Fsp3) is 0.389. The lowest BCUT2D eigenvalue weighted by molar-refractivity contribution is 0.495. The number of benzene rings is 1. The molecule has 1 atom stereocenters. The maximum Gasteiger partial charge on any atom is 0.279 e. The zero-order valence-corrected chi connectivity index (χ0v) is 15.4. The fourth-order valence-electron chi connectivity index (χ4n) is 3.47. The van der Waals surface area contributed by atoms with Gasteiger partial charge in [0, 0.05) is 31.2 Å². The second-order valence-corrected chi connectivity index (χ2v) is 7.18. The second kappa shape index (κ2) is 6.74. The van der Waals surface area contributed by atoms with E-state index in [9.17, 15) is 4.79 Å². The molecular formula is C18H21ClN6O. The van der Waals surface area contributed by atoms with E-state index in [0.717, 1.165) is 30.9 Å². The van der Waals surface area contributed by atoms with Crippen LogP contribution >= 0.6 is 11.6 Å². The molecule has 1 saturated heterocycles. The summed E-state index contributed by atoms with van der Waals surface area (Å²) in [6, 6.07) is 7.74. The van der Waals surface area contributed by atoms with E-state index in [0.29, 0.717) is 29.3 Å². The van der Waals surface area contributed by atoms with Gasteiger partial charge in [-0.05, 0) is 24.5 Å². The fourth-order valence-corrected chi connectivity index (χ4v) is 3.67. The molecule has 0 radical (unpaired) electrons. The van der Waals surface area contributed by atoms with Gasteiger partial charge in [0.2, 0.25) is 5.95 Å². The molecule has 0 amide bonds. The number of halogens is 1. The number of piperidine rings is 1. The van der Waals surface area contributed by atoms with Crippen LogP contribution in [-0.2, 0) is 13.6 Å². The second-order valence-electron chi connectivity index (χ2n) is 6.77. The standard InChI is InChI=1S/C18H21ClN6O/c1-23-11-21-16-15(17(23)26)25(9-12-5-2-3-7-14(12)19)18(22-16)24-8-4-6-13(20)10-24/h2-3,5,7,11,13H,4,6,8-10,20H2,1H3/t13-/m1/s1. The Balaban J connectivity index is 1.89. The summed E-state index contributed by atoms with van der Waals surface area (Å²) < 4.78 is 3.39. The minimum Gasteiger partial charge on any atom is -0.341 e. The molecule has 1 aliphatic heterocycles. The number of fused-ring (bicyclic) bond motifs is 1. The van der Waals surface area contributed by atoms with E-state index in [2.05, 4.69) is 14.9 Å². The Morgan fingerprint density at radius 3 is 2.92 bits per heavy atom. The topological polar surface area (TPSA) is 82.0 Å². The van der Waals surface area contributed by atoms with Gasteiger partial charge in [-0.3, -0.25) is 9.36 Å². The molecule has 136 valence electrons. The Bertz CT molecular complexity index is 1010. The van der Waals surface area contributed by atoms with Crippen LogP contribution in [-0.4, -0.2) is 38.2 Å². The molecule has 1 aromatic carbocycles. The molecule has 4 rings (SSSR count). The molecule has 0 bridgehead atoms. The van der Waals surface area contributed by atoms with Crippen molar-refractivity contribution in [2.75, 3.05) is 18.0 Å². The van der Waals surface area contributed by atoms with Gasteiger partial charge in [0.25, 0.3) is 5.56 Å². The van der Waals surface area contributed by atoms with Crippen LogP contribution in [0.1, 0.15) is 18.4 Å². The molecule has 2 aromatic heterocycles. The van der Waals surface area contributed by atoms with Crippen LogP contribution in [0.2, 0.25) is 5.02 Å². The molecule has 8 heteroatoms. The highest BCUT2D eigenvalue weighted by Gasteiger charge is 2.25. The highest BCUT2D eigenvalue weighted by molar-refractivity contribution is 6.31. The Morgan fingerprint density at radius 2 is 2.15 bits per heavy atom. The lowest BCUT2D eigenvalue weighted by Gasteiger charge is -2.31. The average Bonchev–Trinajstić information content (AvgIpc) is 2.99. The van der Waals surface area contributed by atoms with Crippen molar-refractivity contribution in [3.8, 4) is 0 Å². The van der Waals surface area contributed by atoms with Crippen LogP contribution in [0.4, 0.5) is 5.95 Å². The van der Waals surface area contributed by atoms with Crippen molar-refractivity contribution < 1.29 is 0 Å². The van der Waals surface area contributed by atoms with Crippen molar-refractivity contribution in [3.63, 3.8) is 0 Å². The van der Waals surface area contributed by atoms with E-state index < -0.39 is 0 Å². The van der Waals surface area contributed by atoms with Gasteiger partial charge in [0.15, 0.2) is 11.2 Å². The maximum absolute atomic E-state index is 12.8. The summed E-state index contributed by atoms with van der Waals surface area (Å²) in [5.41, 5.74) is 7.91. The number of nitrogens with two attached hydrogens (primary N) is 1.